The molecule has 196 valence electrons. The average molecular weight is 524 g/mol. The van der Waals surface area contributed by atoms with Gasteiger partial charge in [0.15, 0.2) is 17.0 Å². The molecule has 4 atom stereocenters. The Kier molecular flexibility index (Phi) is 7.41. The van der Waals surface area contributed by atoms with Crippen LogP contribution < -0.4 is 5.32 Å². The molecule has 0 spiro atoms. The first-order valence-electron chi connectivity index (χ1n) is 12.8. The molecule has 9 nitrogen and oxygen atoms in total. The van der Waals surface area contributed by atoms with Gasteiger partial charge in [-0.25, -0.2) is 9.67 Å². The molecule has 1 aliphatic carbocycles. The number of aromatic nitrogens is 3. The van der Waals surface area contributed by atoms with Crippen LogP contribution in [0.25, 0.3) is 5.69 Å². The van der Waals surface area contributed by atoms with Crippen molar-refractivity contribution >= 4 is 28.2 Å². The van der Waals surface area contributed by atoms with Gasteiger partial charge in [-0.1, -0.05) is 19.1 Å². The van der Waals surface area contributed by atoms with Crippen LogP contribution in [0.4, 0.5) is 5.13 Å². The molecule has 10 heteroatoms. The zero-order valence-corrected chi connectivity index (χ0v) is 21.9. The van der Waals surface area contributed by atoms with Gasteiger partial charge in [-0.15, -0.1) is 11.3 Å². The SMILES string of the molecule is CNc1nc([C@H]2CCCN2C(=O)[C@H](O)[C@@H](O)C(=O)C[C@H](C)c2ccc(-n3cccn3)cc2)c(C2CC2)s1. The zero-order valence-electron chi connectivity index (χ0n) is 21.1. The smallest absolute Gasteiger partial charge is 0.255 e. The number of rotatable bonds is 10. The van der Waals surface area contributed by atoms with Crippen molar-refractivity contribution in [1.29, 1.82) is 0 Å². The number of nitrogens with zero attached hydrogens (tertiary/aromatic N) is 4. The monoisotopic (exact) mass is 523 g/mol. The molecule has 1 aromatic carbocycles. The van der Waals surface area contributed by atoms with Crippen molar-refractivity contribution in [2.45, 2.75) is 69.1 Å². The van der Waals surface area contributed by atoms with Crippen molar-refractivity contribution in [3.63, 3.8) is 0 Å². The molecule has 37 heavy (non-hydrogen) atoms. The Balaban J connectivity index is 1.23. The minimum Gasteiger partial charge on any atom is -0.382 e. The summed E-state index contributed by atoms with van der Waals surface area (Å²) in [7, 11) is 1.83. The maximum Gasteiger partial charge on any atom is 0.255 e. The van der Waals surface area contributed by atoms with E-state index in [4.69, 9.17) is 4.98 Å². The normalized spacial score (nSPS) is 20.0. The maximum atomic E-state index is 13.3. The van der Waals surface area contributed by atoms with E-state index in [2.05, 4.69) is 10.4 Å². The highest BCUT2D eigenvalue weighted by atomic mass is 32.1. The molecule has 3 aromatic rings. The summed E-state index contributed by atoms with van der Waals surface area (Å²) in [5, 5.41) is 29.5. The third-order valence-electron chi connectivity index (χ3n) is 7.32. The number of nitrogens with one attached hydrogen (secondary N) is 1. The Morgan fingerprint density at radius 3 is 2.57 bits per heavy atom. The van der Waals surface area contributed by atoms with E-state index in [0.717, 1.165) is 47.8 Å². The molecule has 3 N–H and O–H groups in total. The Morgan fingerprint density at radius 1 is 1.16 bits per heavy atom. The van der Waals surface area contributed by atoms with Gasteiger partial charge in [-0.05, 0) is 61.3 Å². The van der Waals surface area contributed by atoms with Gasteiger partial charge in [-0.2, -0.15) is 5.10 Å². The van der Waals surface area contributed by atoms with Crippen LogP contribution in [0.15, 0.2) is 42.7 Å². The molecule has 0 bridgehead atoms. The second-order valence-corrected chi connectivity index (χ2v) is 11.0. The van der Waals surface area contributed by atoms with E-state index in [0.29, 0.717) is 12.5 Å². The van der Waals surface area contributed by atoms with Gasteiger partial charge in [0.1, 0.15) is 6.10 Å². The van der Waals surface area contributed by atoms with Crippen molar-refractivity contribution < 1.29 is 19.8 Å². The van der Waals surface area contributed by atoms with Gasteiger partial charge in [0, 0.05) is 37.3 Å². The molecular weight excluding hydrogens is 490 g/mol. The standard InChI is InChI=1S/C27H33N5O4S/c1-16(17-8-10-19(11-9-17)32-14-4-12-29-32)15-21(33)23(34)24(35)26(36)31-13-3-5-20(31)22-25(18-6-7-18)37-27(28-2)30-22/h4,8-12,14,16,18,20,23-24,34-35H,3,5-7,13,15H2,1-2H3,(H,28,30)/t16-,20+,23-,24+/m0/s1. The number of anilines is 1. The van der Waals surface area contributed by atoms with Crippen LogP contribution >= 0.6 is 11.3 Å². The molecule has 3 heterocycles. The second kappa shape index (κ2) is 10.7. The lowest BCUT2D eigenvalue weighted by Gasteiger charge is -2.28. The van der Waals surface area contributed by atoms with Crippen molar-refractivity contribution in [3.05, 3.63) is 58.9 Å². The number of likely N-dealkylation sites (tertiary alicyclic amines) is 1. The van der Waals surface area contributed by atoms with Crippen molar-refractivity contribution in [3.8, 4) is 5.69 Å². The number of hydrogen-bond donors (Lipinski definition) is 3. The largest absolute Gasteiger partial charge is 0.382 e. The van der Waals surface area contributed by atoms with E-state index in [-0.39, 0.29) is 18.4 Å². The highest BCUT2D eigenvalue weighted by Gasteiger charge is 2.42. The highest BCUT2D eigenvalue weighted by molar-refractivity contribution is 7.15. The predicted octanol–water partition coefficient (Wildman–Crippen LogP) is 3.40. The number of hydrogen-bond acceptors (Lipinski definition) is 8. The Hall–Kier alpha value is -3.08. The number of Topliss-reactive ketones (excluding diaryl/α,β-unsaturated/α-hetero) is 1. The van der Waals surface area contributed by atoms with Crippen molar-refractivity contribution in [2.24, 2.45) is 0 Å². The van der Waals surface area contributed by atoms with Crippen LogP contribution in [0.2, 0.25) is 0 Å². The number of benzene rings is 1. The summed E-state index contributed by atoms with van der Waals surface area (Å²) in [5.74, 6) is -0.864. The lowest BCUT2D eigenvalue weighted by molar-refractivity contribution is -0.153. The maximum absolute atomic E-state index is 13.3. The fourth-order valence-corrected chi connectivity index (χ4v) is 6.18. The van der Waals surface area contributed by atoms with Crippen molar-refractivity contribution in [2.75, 3.05) is 18.9 Å². The highest BCUT2D eigenvalue weighted by Crippen LogP contribution is 2.49. The van der Waals surface area contributed by atoms with Gasteiger partial charge in [0.2, 0.25) is 0 Å². The van der Waals surface area contributed by atoms with E-state index >= 15 is 0 Å². The van der Waals surface area contributed by atoms with Gasteiger partial charge in [-0.3, -0.25) is 9.59 Å². The van der Waals surface area contributed by atoms with Gasteiger partial charge < -0.3 is 20.4 Å². The number of aliphatic hydroxyl groups excluding tert-OH is 2. The molecule has 1 saturated carbocycles. The number of aliphatic hydroxyl groups is 2. The first kappa shape index (κ1) is 25.6. The fraction of sp³-hybridized carbons (Fsp3) is 0.481. The minimum absolute atomic E-state index is 0.0134. The molecule has 5 rings (SSSR count). The molecule has 1 saturated heterocycles. The number of thiazole rings is 1. The molecule has 0 radical (unpaired) electrons. The summed E-state index contributed by atoms with van der Waals surface area (Å²) in [6, 6.07) is 9.27. The molecular formula is C27H33N5O4S. The summed E-state index contributed by atoms with van der Waals surface area (Å²) >= 11 is 1.62. The Morgan fingerprint density at radius 2 is 1.92 bits per heavy atom. The quantitative estimate of drug-likeness (QED) is 0.372. The molecule has 1 amide bonds. The second-order valence-electron chi connectivity index (χ2n) is 9.99. The van der Waals surface area contributed by atoms with Crippen LogP contribution in [0.1, 0.15) is 73.0 Å². The third kappa shape index (κ3) is 5.32. The molecule has 1 aliphatic heterocycles. The summed E-state index contributed by atoms with van der Waals surface area (Å²) in [4.78, 5) is 33.7. The van der Waals surface area contributed by atoms with Gasteiger partial charge in [0.05, 0.1) is 17.4 Å². The number of carbonyl (C=O) groups excluding carboxylic acids is 2. The van der Waals surface area contributed by atoms with Crippen LogP contribution in [-0.4, -0.2) is 67.4 Å². The third-order valence-corrected chi connectivity index (χ3v) is 8.57. The number of carbonyl (C=O) groups is 2. The average Bonchev–Trinajstić information content (AvgIpc) is 3.31. The summed E-state index contributed by atoms with van der Waals surface area (Å²) in [5.41, 5.74) is 2.72. The fourth-order valence-electron chi connectivity index (χ4n) is 5.04. The van der Waals surface area contributed by atoms with Crippen LogP contribution in [0, 0.1) is 0 Å². The van der Waals surface area contributed by atoms with E-state index < -0.39 is 23.9 Å². The Bertz CT molecular complexity index is 1240. The van der Waals surface area contributed by atoms with Crippen molar-refractivity contribution in [1.82, 2.24) is 19.7 Å². The van der Waals surface area contributed by atoms with Crippen LogP contribution in [0.3, 0.4) is 0 Å². The lowest BCUT2D eigenvalue weighted by Crippen LogP contribution is -2.47. The number of amides is 1. The summed E-state index contributed by atoms with van der Waals surface area (Å²) in [6.07, 6.45) is 3.78. The van der Waals surface area contributed by atoms with E-state index in [1.54, 1.807) is 27.1 Å². The van der Waals surface area contributed by atoms with Gasteiger partial charge in [0.25, 0.3) is 5.91 Å². The van der Waals surface area contributed by atoms with Gasteiger partial charge >= 0.3 is 0 Å². The summed E-state index contributed by atoms with van der Waals surface area (Å²) in [6.45, 7) is 2.36. The summed E-state index contributed by atoms with van der Waals surface area (Å²) < 4.78 is 1.75. The Labute approximate surface area is 220 Å². The minimum atomic E-state index is -1.80. The molecule has 2 fully saturated rings. The number of ketones is 1. The first-order valence-corrected chi connectivity index (χ1v) is 13.7. The predicted molar refractivity (Wildman–Crippen MR) is 141 cm³/mol. The molecule has 2 aromatic heterocycles. The molecule has 0 unspecified atom stereocenters. The molecule has 2 aliphatic rings. The topological polar surface area (TPSA) is 121 Å². The zero-order chi connectivity index (χ0) is 26.1. The first-order chi connectivity index (χ1) is 17.9. The van der Waals surface area contributed by atoms with Crippen LogP contribution in [-0.2, 0) is 9.59 Å². The van der Waals surface area contributed by atoms with Crippen LogP contribution in [0.5, 0.6) is 0 Å². The van der Waals surface area contributed by atoms with E-state index in [1.807, 2.05) is 50.5 Å². The van der Waals surface area contributed by atoms with E-state index in [9.17, 15) is 19.8 Å². The lowest BCUT2D eigenvalue weighted by atomic mass is 9.92. The van der Waals surface area contributed by atoms with E-state index in [1.165, 1.54) is 4.88 Å².